The van der Waals surface area contributed by atoms with Gasteiger partial charge in [0, 0.05) is 12.0 Å². The van der Waals surface area contributed by atoms with Crippen molar-refractivity contribution < 1.29 is 4.79 Å². The molecule has 0 aliphatic rings. The summed E-state index contributed by atoms with van der Waals surface area (Å²) >= 11 is 1.43. The molecule has 1 aromatic heterocycles. The van der Waals surface area contributed by atoms with Crippen LogP contribution in [-0.2, 0) is 11.3 Å². The number of carbonyl (C=O) groups excluding carboxylic acids is 1. The lowest BCUT2D eigenvalue weighted by Gasteiger charge is -2.15. The lowest BCUT2D eigenvalue weighted by Crippen LogP contribution is -2.22. The Labute approximate surface area is 107 Å². The van der Waals surface area contributed by atoms with E-state index in [1.165, 1.54) is 11.8 Å². The highest BCUT2D eigenvalue weighted by molar-refractivity contribution is 7.99. The second-order valence-electron chi connectivity index (χ2n) is 4.89. The van der Waals surface area contributed by atoms with Crippen LogP contribution in [0.3, 0.4) is 0 Å². The fourth-order valence-electron chi connectivity index (χ4n) is 1.15. The third kappa shape index (κ3) is 3.70. The molecule has 0 aliphatic heterocycles. The smallest absolute Gasteiger partial charge is 0.191 e. The van der Waals surface area contributed by atoms with Gasteiger partial charge < -0.3 is 4.57 Å². The lowest BCUT2D eigenvalue weighted by atomic mass is 9.92. The van der Waals surface area contributed by atoms with Crippen molar-refractivity contribution in [3.8, 4) is 0 Å². The normalized spacial score (nSPS) is 11.5. The van der Waals surface area contributed by atoms with Crippen LogP contribution >= 0.6 is 11.8 Å². The SMILES string of the molecule is C=CCn1c(C)nnc1SCC(=O)C(C)(C)C. The molecule has 17 heavy (non-hydrogen) atoms. The first-order valence-electron chi connectivity index (χ1n) is 5.53. The van der Waals surface area contributed by atoms with Gasteiger partial charge in [0.2, 0.25) is 0 Å². The number of ketones is 1. The Morgan fingerprint density at radius 3 is 2.65 bits per heavy atom. The maximum atomic E-state index is 11.8. The molecule has 0 bridgehead atoms. The maximum Gasteiger partial charge on any atom is 0.191 e. The van der Waals surface area contributed by atoms with Crippen molar-refractivity contribution in [1.29, 1.82) is 0 Å². The number of hydrogen-bond donors (Lipinski definition) is 0. The second-order valence-corrected chi connectivity index (χ2v) is 5.83. The van der Waals surface area contributed by atoms with Crippen LogP contribution in [-0.4, -0.2) is 26.3 Å². The van der Waals surface area contributed by atoms with Crippen LogP contribution in [0.1, 0.15) is 26.6 Å². The van der Waals surface area contributed by atoms with Crippen LogP contribution in [0.15, 0.2) is 17.8 Å². The summed E-state index contributed by atoms with van der Waals surface area (Å²) in [4.78, 5) is 11.8. The van der Waals surface area contributed by atoms with Gasteiger partial charge in [-0.2, -0.15) is 0 Å². The number of hydrogen-bond acceptors (Lipinski definition) is 4. The minimum absolute atomic E-state index is 0.216. The van der Waals surface area contributed by atoms with Crippen molar-refractivity contribution in [2.45, 2.75) is 39.4 Å². The average molecular weight is 253 g/mol. The minimum Gasteiger partial charge on any atom is -0.302 e. The molecule has 1 aromatic rings. The van der Waals surface area contributed by atoms with E-state index in [4.69, 9.17) is 0 Å². The molecule has 5 heteroatoms. The molecule has 0 unspecified atom stereocenters. The largest absolute Gasteiger partial charge is 0.302 e. The Bertz CT molecular complexity index is 418. The molecule has 4 nitrogen and oxygen atoms in total. The molecule has 1 heterocycles. The number of rotatable bonds is 5. The number of nitrogens with zero attached hydrogens (tertiary/aromatic N) is 3. The molecule has 0 saturated heterocycles. The Hall–Kier alpha value is -1.10. The molecule has 0 aliphatic carbocycles. The van der Waals surface area contributed by atoms with Gasteiger partial charge >= 0.3 is 0 Å². The van der Waals surface area contributed by atoms with E-state index in [0.29, 0.717) is 12.3 Å². The van der Waals surface area contributed by atoms with Gasteiger partial charge in [-0.05, 0) is 6.92 Å². The first-order valence-corrected chi connectivity index (χ1v) is 6.51. The molecule has 94 valence electrons. The average Bonchev–Trinajstić information content (AvgIpc) is 2.56. The van der Waals surface area contributed by atoms with Gasteiger partial charge in [-0.15, -0.1) is 16.8 Å². The fourth-order valence-corrected chi connectivity index (χ4v) is 2.31. The van der Waals surface area contributed by atoms with E-state index in [9.17, 15) is 4.79 Å². The predicted molar refractivity (Wildman–Crippen MR) is 70.1 cm³/mol. The molecular weight excluding hydrogens is 234 g/mol. The summed E-state index contributed by atoms with van der Waals surface area (Å²) in [7, 11) is 0. The molecular formula is C12H19N3OS. The third-order valence-corrected chi connectivity index (χ3v) is 3.35. The van der Waals surface area contributed by atoms with Crippen molar-refractivity contribution >= 4 is 17.5 Å². The standard InChI is InChI=1S/C12H19N3OS/c1-6-7-15-9(2)13-14-11(15)17-8-10(16)12(3,4)5/h6H,1,7-8H2,2-5H3. The molecule has 0 amide bonds. The number of Topliss-reactive ketones (excluding diaryl/α,β-unsaturated/α-hetero) is 1. The number of aromatic nitrogens is 3. The Morgan fingerprint density at radius 1 is 1.47 bits per heavy atom. The second kappa shape index (κ2) is 5.49. The van der Waals surface area contributed by atoms with Gasteiger partial charge in [0.25, 0.3) is 0 Å². The Kier molecular flexibility index (Phi) is 4.51. The molecule has 0 aromatic carbocycles. The van der Waals surface area contributed by atoms with E-state index in [2.05, 4.69) is 16.8 Å². The monoisotopic (exact) mass is 253 g/mol. The zero-order chi connectivity index (χ0) is 13.1. The minimum atomic E-state index is -0.300. The van der Waals surface area contributed by atoms with Gasteiger partial charge in [0.15, 0.2) is 5.16 Å². The Balaban J connectivity index is 2.70. The van der Waals surface area contributed by atoms with E-state index in [1.807, 2.05) is 32.3 Å². The molecule has 1 rings (SSSR count). The summed E-state index contributed by atoms with van der Waals surface area (Å²) in [6.07, 6.45) is 1.80. The van der Waals surface area contributed by atoms with Crippen molar-refractivity contribution in [1.82, 2.24) is 14.8 Å². The zero-order valence-corrected chi connectivity index (χ0v) is 11.7. The summed E-state index contributed by atoms with van der Waals surface area (Å²) in [6, 6.07) is 0. The van der Waals surface area contributed by atoms with Crippen molar-refractivity contribution in [3.63, 3.8) is 0 Å². The van der Waals surface area contributed by atoms with Crippen LogP contribution in [0, 0.1) is 12.3 Å². The van der Waals surface area contributed by atoms with E-state index >= 15 is 0 Å². The first kappa shape index (κ1) is 14.0. The maximum absolute atomic E-state index is 11.8. The van der Waals surface area contributed by atoms with Gasteiger partial charge in [-0.3, -0.25) is 4.79 Å². The highest BCUT2D eigenvalue weighted by Gasteiger charge is 2.22. The quantitative estimate of drug-likeness (QED) is 0.597. The summed E-state index contributed by atoms with van der Waals surface area (Å²) < 4.78 is 1.95. The van der Waals surface area contributed by atoms with Crippen molar-refractivity contribution in [2.24, 2.45) is 5.41 Å². The molecule has 0 fully saturated rings. The molecule has 0 saturated carbocycles. The molecule has 0 spiro atoms. The van der Waals surface area contributed by atoms with Crippen LogP contribution < -0.4 is 0 Å². The summed E-state index contributed by atoms with van der Waals surface area (Å²) in [6.45, 7) is 12.0. The van der Waals surface area contributed by atoms with Gasteiger partial charge in [-0.1, -0.05) is 38.6 Å². The van der Waals surface area contributed by atoms with Gasteiger partial charge in [-0.25, -0.2) is 0 Å². The lowest BCUT2D eigenvalue weighted by molar-refractivity contribution is -0.123. The molecule has 0 atom stereocenters. The van der Waals surface area contributed by atoms with E-state index in [0.717, 1.165) is 11.0 Å². The topological polar surface area (TPSA) is 47.8 Å². The van der Waals surface area contributed by atoms with Gasteiger partial charge in [0.1, 0.15) is 11.6 Å². The van der Waals surface area contributed by atoms with Crippen LogP contribution in [0.4, 0.5) is 0 Å². The van der Waals surface area contributed by atoms with Crippen molar-refractivity contribution in [2.75, 3.05) is 5.75 Å². The van der Waals surface area contributed by atoms with Crippen molar-refractivity contribution in [3.05, 3.63) is 18.5 Å². The molecule has 0 radical (unpaired) electrons. The number of allylic oxidation sites excluding steroid dienone is 1. The van der Waals surface area contributed by atoms with E-state index in [-0.39, 0.29) is 11.2 Å². The Morgan fingerprint density at radius 2 is 2.12 bits per heavy atom. The first-order chi connectivity index (χ1) is 7.86. The van der Waals surface area contributed by atoms with Crippen LogP contribution in [0.5, 0.6) is 0 Å². The zero-order valence-electron chi connectivity index (χ0n) is 10.9. The highest BCUT2D eigenvalue weighted by atomic mass is 32.2. The summed E-state index contributed by atoms with van der Waals surface area (Å²) in [5.74, 6) is 1.49. The number of carbonyl (C=O) groups is 1. The number of thioether (sulfide) groups is 1. The van der Waals surface area contributed by atoms with E-state index < -0.39 is 0 Å². The summed E-state index contributed by atoms with van der Waals surface area (Å²) in [5, 5.41) is 8.85. The summed E-state index contributed by atoms with van der Waals surface area (Å²) in [5.41, 5.74) is -0.300. The fraction of sp³-hybridized carbons (Fsp3) is 0.583. The van der Waals surface area contributed by atoms with Crippen LogP contribution in [0.2, 0.25) is 0 Å². The molecule has 0 N–H and O–H groups in total. The number of aryl methyl sites for hydroxylation is 1. The van der Waals surface area contributed by atoms with Gasteiger partial charge in [0.05, 0.1) is 5.75 Å². The predicted octanol–water partition coefficient (Wildman–Crippen LogP) is 2.48. The van der Waals surface area contributed by atoms with Crippen LogP contribution in [0.25, 0.3) is 0 Å². The third-order valence-electron chi connectivity index (χ3n) is 2.38. The highest BCUT2D eigenvalue weighted by Crippen LogP contribution is 2.22. The van der Waals surface area contributed by atoms with E-state index in [1.54, 1.807) is 6.08 Å².